The van der Waals surface area contributed by atoms with E-state index in [0.717, 1.165) is 18.4 Å². The van der Waals surface area contributed by atoms with Crippen LogP contribution in [0.5, 0.6) is 5.75 Å². The van der Waals surface area contributed by atoms with Crippen LogP contribution in [0.2, 0.25) is 0 Å². The SMILES string of the molecule is CNC(CCCOC)c1cc(F)ccc1OC. The Labute approximate surface area is 102 Å². The molecule has 0 aromatic heterocycles. The van der Waals surface area contributed by atoms with Crippen molar-refractivity contribution in [2.75, 3.05) is 27.9 Å². The number of methoxy groups -OCH3 is 2. The second-order valence-electron chi connectivity index (χ2n) is 3.86. The molecule has 0 bridgehead atoms. The Kier molecular flexibility index (Phi) is 5.94. The first-order valence-electron chi connectivity index (χ1n) is 5.72. The molecule has 4 heteroatoms. The van der Waals surface area contributed by atoms with E-state index in [9.17, 15) is 4.39 Å². The van der Waals surface area contributed by atoms with Gasteiger partial charge in [0.15, 0.2) is 0 Å². The molecule has 1 unspecified atom stereocenters. The summed E-state index contributed by atoms with van der Waals surface area (Å²) in [4.78, 5) is 0. The third-order valence-electron chi connectivity index (χ3n) is 2.76. The van der Waals surface area contributed by atoms with Crippen molar-refractivity contribution in [3.05, 3.63) is 29.6 Å². The average Bonchev–Trinajstić information content (AvgIpc) is 2.35. The lowest BCUT2D eigenvalue weighted by molar-refractivity contribution is 0.189. The molecule has 1 aromatic rings. The highest BCUT2D eigenvalue weighted by Crippen LogP contribution is 2.28. The normalized spacial score (nSPS) is 12.5. The minimum absolute atomic E-state index is 0.0794. The third-order valence-corrected chi connectivity index (χ3v) is 2.76. The molecule has 1 rings (SSSR count). The fourth-order valence-corrected chi connectivity index (χ4v) is 1.86. The van der Waals surface area contributed by atoms with Gasteiger partial charge in [-0.3, -0.25) is 0 Å². The summed E-state index contributed by atoms with van der Waals surface area (Å²) in [5.41, 5.74) is 0.853. The third kappa shape index (κ3) is 3.98. The number of hydrogen-bond donors (Lipinski definition) is 1. The molecule has 17 heavy (non-hydrogen) atoms. The van der Waals surface area contributed by atoms with Crippen molar-refractivity contribution < 1.29 is 13.9 Å². The van der Waals surface area contributed by atoms with Gasteiger partial charge in [-0.05, 0) is 38.1 Å². The summed E-state index contributed by atoms with van der Waals surface area (Å²) in [6, 6.07) is 4.67. The molecular formula is C13H20FNO2. The van der Waals surface area contributed by atoms with Crippen molar-refractivity contribution >= 4 is 0 Å². The number of halogens is 1. The molecule has 1 N–H and O–H groups in total. The van der Waals surface area contributed by atoms with Crippen molar-refractivity contribution in [1.82, 2.24) is 5.32 Å². The van der Waals surface area contributed by atoms with E-state index in [0.29, 0.717) is 12.4 Å². The highest BCUT2D eigenvalue weighted by Gasteiger charge is 2.14. The molecule has 96 valence electrons. The van der Waals surface area contributed by atoms with Crippen LogP contribution in [0, 0.1) is 5.82 Å². The van der Waals surface area contributed by atoms with E-state index >= 15 is 0 Å². The maximum atomic E-state index is 13.3. The van der Waals surface area contributed by atoms with Gasteiger partial charge in [0.05, 0.1) is 7.11 Å². The first kappa shape index (κ1) is 13.9. The molecular weight excluding hydrogens is 221 g/mol. The molecule has 3 nitrogen and oxygen atoms in total. The number of rotatable bonds is 7. The zero-order chi connectivity index (χ0) is 12.7. The van der Waals surface area contributed by atoms with Crippen LogP contribution in [-0.4, -0.2) is 27.9 Å². The highest BCUT2D eigenvalue weighted by molar-refractivity contribution is 5.36. The number of benzene rings is 1. The molecule has 1 atom stereocenters. The zero-order valence-electron chi connectivity index (χ0n) is 10.6. The smallest absolute Gasteiger partial charge is 0.123 e. The summed E-state index contributed by atoms with van der Waals surface area (Å²) in [6.07, 6.45) is 1.80. The van der Waals surface area contributed by atoms with Gasteiger partial charge in [-0.25, -0.2) is 4.39 Å². The van der Waals surface area contributed by atoms with Crippen LogP contribution in [0.1, 0.15) is 24.4 Å². The monoisotopic (exact) mass is 241 g/mol. The average molecular weight is 241 g/mol. The molecule has 0 aliphatic rings. The molecule has 0 spiro atoms. The van der Waals surface area contributed by atoms with Gasteiger partial charge in [0.2, 0.25) is 0 Å². The Morgan fingerprint density at radius 2 is 2.12 bits per heavy atom. The lowest BCUT2D eigenvalue weighted by Crippen LogP contribution is -2.18. The second-order valence-corrected chi connectivity index (χ2v) is 3.86. The largest absolute Gasteiger partial charge is 0.496 e. The van der Waals surface area contributed by atoms with E-state index in [1.807, 2.05) is 7.05 Å². The van der Waals surface area contributed by atoms with Gasteiger partial charge in [-0.15, -0.1) is 0 Å². The summed E-state index contributed by atoms with van der Waals surface area (Å²) in [6.45, 7) is 0.704. The molecule has 0 aliphatic heterocycles. The van der Waals surface area contributed by atoms with E-state index in [1.165, 1.54) is 12.1 Å². The molecule has 0 amide bonds. The molecule has 1 aromatic carbocycles. The zero-order valence-corrected chi connectivity index (χ0v) is 10.6. The molecule has 0 aliphatic carbocycles. The maximum absolute atomic E-state index is 13.3. The summed E-state index contributed by atoms with van der Waals surface area (Å²) < 4.78 is 23.5. The van der Waals surface area contributed by atoms with Gasteiger partial charge < -0.3 is 14.8 Å². The minimum atomic E-state index is -0.243. The molecule has 0 heterocycles. The van der Waals surface area contributed by atoms with Crippen LogP contribution in [0.3, 0.4) is 0 Å². The standard InChI is InChI=1S/C13H20FNO2/c1-15-12(5-4-8-16-2)11-9-10(14)6-7-13(11)17-3/h6-7,9,12,15H,4-5,8H2,1-3H3. The van der Waals surface area contributed by atoms with Crippen LogP contribution in [0.4, 0.5) is 4.39 Å². The lowest BCUT2D eigenvalue weighted by atomic mass is 10.0. The maximum Gasteiger partial charge on any atom is 0.123 e. The van der Waals surface area contributed by atoms with E-state index < -0.39 is 0 Å². The van der Waals surface area contributed by atoms with E-state index in [2.05, 4.69) is 5.32 Å². The molecule has 0 fully saturated rings. The number of hydrogen-bond acceptors (Lipinski definition) is 3. The van der Waals surface area contributed by atoms with Gasteiger partial charge in [0, 0.05) is 25.3 Å². The van der Waals surface area contributed by atoms with Crippen LogP contribution < -0.4 is 10.1 Å². The van der Waals surface area contributed by atoms with Crippen molar-refractivity contribution in [3.63, 3.8) is 0 Å². The number of ether oxygens (including phenoxy) is 2. The molecule has 0 saturated carbocycles. The van der Waals surface area contributed by atoms with Crippen molar-refractivity contribution in [1.29, 1.82) is 0 Å². The van der Waals surface area contributed by atoms with Gasteiger partial charge in [0.1, 0.15) is 11.6 Å². The van der Waals surface area contributed by atoms with E-state index in [-0.39, 0.29) is 11.9 Å². The van der Waals surface area contributed by atoms with Gasteiger partial charge in [-0.1, -0.05) is 0 Å². The van der Waals surface area contributed by atoms with Crippen LogP contribution in [0.15, 0.2) is 18.2 Å². The quantitative estimate of drug-likeness (QED) is 0.744. The predicted molar refractivity (Wildman–Crippen MR) is 65.9 cm³/mol. The lowest BCUT2D eigenvalue weighted by Gasteiger charge is -2.19. The van der Waals surface area contributed by atoms with E-state index in [1.54, 1.807) is 20.3 Å². The van der Waals surface area contributed by atoms with Crippen molar-refractivity contribution in [2.24, 2.45) is 0 Å². The topological polar surface area (TPSA) is 30.5 Å². The highest BCUT2D eigenvalue weighted by atomic mass is 19.1. The fourth-order valence-electron chi connectivity index (χ4n) is 1.86. The van der Waals surface area contributed by atoms with Crippen molar-refractivity contribution in [3.8, 4) is 5.75 Å². The first-order valence-corrected chi connectivity index (χ1v) is 5.72. The Balaban J connectivity index is 2.82. The Morgan fingerprint density at radius 3 is 2.71 bits per heavy atom. The first-order chi connectivity index (χ1) is 8.22. The predicted octanol–water partition coefficient (Wildman–Crippen LogP) is 2.52. The summed E-state index contributed by atoms with van der Waals surface area (Å²) in [7, 11) is 5.14. The summed E-state index contributed by atoms with van der Waals surface area (Å²) in [5, 5.41) is 3.18. The second kappa shape index (κ2) is 7.25. The Morgan fingerprint density at radius 1 is 1.35 bits per heavy atom. The van der Waals surface area contributed by atoms with Crippen LogP contribution in [0.25, 0.3) is 0 Å². The van der Waals surface area contributed by atoms with Gasteiger partial charge in [0.25, 0.3) is 0 Å². The van der Waals surface area contributed by atoms with Gasteiger partial charge >= 0.3 is 0 Å². The Hall–Kier alpha value is -1.13. The molecule has 0 radical (unpaired) electrons. The van der Waals surface area contributed by atoms with Crippen molar-refractivity contribution in [2.45, 2.75) is 18.9 Å². The summed E-state index contributed by atoms with van der Waals surface area (Å²) >= 11 is 0. The Bertz CT molecular complexity index is 344. The minimum Gasteiger partial charge on any atom is -0.496 e. The molecule has 0 saturated heterocycles. The van der Waals surface area contributed by atoms with Crippen LogP contribution in [-0.2, 0) is 4.74 Å². The van der Waals surface area contributed by atoms with E-state index in [4.69, 9.17) is 9.47 Å². The van der Waals surface area contributed by atoms with Gasteiger partial charge in [-0.2, -0.15) is 0 Å². The summed E-state index contributed by atoms with van der Waals surface area (Å²) in [5.74, 6) is 0.468. The fraction of sp³-hybridized carbons (Fsp3) is 0.538. The number of nitrogens with one attached hydrogen (secondary N) is 1. The van der Waals surface area contributed by atoms with Crippen LogP contribution >= 0.6 is 0 Å².